The van der Waals surface area contributed by atoms with Crippen molar-refractivity contribution in [2.45, 2.75) is 31.0 Å². The summed E-state index contributed by atoms with van der Waals surface area (Å²) in [5.41, 5.74) is 2.42. The summed E-state index contributed by atoms with van der Waals surface area (Å²) in [6, 6.07) is 8.15. The van der Waals surface area contributed by atoms with E-state index in [1.807, 2.05) is 18.2 Å². The fourth-order valence-electron chi connectivity index (χ4n) is 2.61. The van der Waals surface area contributed by atoms with Gasteiger partial charge in [0.2, 0.25) is 0 Å². The number of primary sulfonamides is 1. The third-order valence-electron chi connectivity index (χ3n) is 3.70. The minimum atomic E-state index is -3.78. The lowest BCUT2D eigenvalue weighted by atomic mass is 9.97. The number of aryl methyl sites for hydroxylation is 1. The number of nitrogens with zero attached hydrogens (tertiary/aromatic N) is 2. The molecule has 112 valence electrons. The molecule has 0 spiro atoms. The molecule has 1 unspecified atom stereocenters. The molecule has 0 aliphatic carbocycles. The zero-order valence-electron chi connectivity index (χ0n) is 11.7. The summed E-state index contributed by atoms with van der Waals surface area (Å²) < 4.78 is 30.3. The van der Waals surface area contributed by atoms with Gasteiger partial charge in [0.05, 0.1) is 13.2 Å². The third-order valence-corrected chi connectivity index (χ3v) is 4.48. The number of imidazole rings is 1. The zero-order valence-corrected chi connectivity index (χ0v) is 12.5. The molecule has 2 N–H and O–H groups in total. The number of aromatic nitrogens is 2. The van der Waals surface area contributed by atoms with E-state index in [0.717, 1.165) is 12.0 Å². The average molecular weight is 307 g/mol. The monoisotopic (exact) mass is 307 g/mol. The second-order valence-electron chi connectivity index (χ2n) is 5.13. The van der Waals surface area contributed by atoms with Crippen LogP contribution in [-0.2, 0) is 27.7 Å². The number of nitrogens with two attached hydrogens (primary N) is 1. The molecule has 0 amide bonds. The molecular weight excluding hydrogens is 290 g/mol. The normalized spacial score (nSPS) is 18.5. The van der Waals surface area contributed by atoms with E-state index in [0.29, 0.717) is 19.0 Å². The van der Waals surface area contributed by atoms with Crippen LogP contribution in [0.1, 0.15) is 23.1 Å². The van der Waals surface area contributed by atoms with Crippen LogP contribution in [0.2, 0.25) is 0 Å². The Labute approximate surface area is 123 Å². The Bertz CT molecular complexity index is 768. The second kappa shape index (κ2) is 5.25. The lowest BCUT2D eigenvalue weighted by molar-refractivity contribution is 0.0302. The molecule has 0 bridgehead atoms. The quantitative estimate of drug-likeness (QED) is 0.921. The SMILES string of the molecule is Cc1nc(S(N)(=O)=O)cn1CC1OCCc2ccccc21. The predicted octanol–water partition coefficient (Wildman–Crippen LogP) is 1.15. The van der Waals surface area contributed by atoms with E-state index in [4.69, 9.17) is 9.88 Å². The molecule has 3 rings (SSSR count). The number of ether oxygens (including phenoxy) is 1. The van der Waals surface area contributed by atoms with Gasteiger partial charge in [0, 0.05) is 6.20 Å². The van der Waals surface area contributed by atoms with E-state index in [2.05, 4.69) is 11.1 Å². The number of sulfonamides is 1. The van der Waals surface area contributed by atoms with Gasteiger partial charge in [-0.3, -0.25) is 0 Å². The summed E-state index contributed by atoms with van der Waals surface area (Å²) in [7, 11) is -3.78. The molecule has 21 heavy (non-hydrogen) atoms. The molecule has 0 radical (unpaired) electrons. The lowest BCUT2D eigenvalue weighted by Gasteiger charge is -2.26. The fourth-order valence-corrected chi connectivity index (χ4v) is 3.14. The molecule has 1 aromatic carbocycles. The largest absolute Gasteiger partial charge is 0.371 e. The maximum absolute atomic E-state index is 11.4. The number of fused-ring (bicyclic) bond motifs is 1. The van der Waals surface area contributed by atoms with Crippen LogP contribution >= 0.6 is 0 Å². The molecule has 2 aromatic rings. The first kappa shape index (κ1) is 14.2. The molecule has 0 saturated carbocycles. The van der Waals surface area contributed by atoms with Gasteiger partial charge in [0.15, 0.2) is 5.03 Å². The first-order chi connectivity index (χ1) is 9.95. The smallest absolute Gasteiger partial charge is 0.257 e. The molecule has 1 aliphatic heterocycles. The first-order valence-corrected chi connectivity index (χ1v) is 8.26. The van der Waals surface area contributed by atoms with E-state index >= 15 is 0 Å². The van der Waals surface area contributed by atoms with Crippen LogP contribution < -0.4 is 5.14 Å². The topological polar surface area (TPSA) is 87.2 Å². The van der Waals surface area contributed by atoms with E-state index < -0.39 is 10.0 Å². The molecule has 1 aromatic heterocycles. The minimum Gasteiger partial charge on any atom is -0.371 e. The molecule has 0 saturated heterocycles. The van der Waals surface area contributed by atoms with Gasteiger partial charge in [-0.25, -0.2) is 18.5 Å². The van der Waals surface area contributed by atoms with Crippen molar-refractivity contribution >= 4 is 10.0 Å². The Hall–Kier alpha value is -1.70. The number of rotatable bonds is 3. The Morgan fingerprint density at radius 3 is 2.90 bits per heavy atom. The van der Waals surface area contributed by atoms with Gasteiger partial charge >= 0.3 is 0 Å². The van der Waals surface area contributed by atoms with E-state index in [-0.39, 0.29) is 11.1 Å². The molecule has 0 fully saturated rings. The van der Waals surface area contributed by atoms with Crippen LogP contribution in [0, 0.1) is 6.92 Å². The van der Waals surface area contributed by atoms with Crippen LogP contribution in [0.4, 0.5) is 0 Å². The second-order valence-corrected chi connectivity index (χ2v) is 6.64. The molecule has 1 atom stereocenters. The molecular formula is C14H17N3O3S. The van der Waals surface area contributed by atoms with Crippen LogP contribution in [0.25, 0.3) is 0 Å². The highest BCUT2D eigenvalue weighted by Crippen LogP contribution is 2.28. The number of hydrogen-bond donors (Lipinski definition) is 1. The molecule has 6 nitrogen and oxygen atoms in total. The fraction of sp³-hybridized carbons (Fsp3) is 0.357. The van der Waals surface area contributed by atoms with E-state index in [9.17, 15) is 8.42 Å². The summed E-state index contributed by atoms with van der Waals surface area (Å²) in [6.45, 7) is 2.94. The Morgan fingerprint density at radius 1 is 1.43 bits per heavy atom. The molecule has 7 heteroatoms. The molecule has 2 heterocycles. The maximum atomic E-state index is 11.4. The van der Waals surface area contributed by atoms with Crippen LogP contribution in [-0.4, -0.2) is 24.6 Å². The average Bonchev–Trinajstić information content (AvgIpc) is 2.81. The summed E-state index contributed by atoms with van der Waals surface area (Å²) >= 11 is 0. The molecule has 1 aliphatic rings. The maximum Gasteiger partial charge on any atom is 0.257 e. The van der Waals surface area contributed by atoms with Crippen molar-refractivity contribution in [1.82, 2.24) is 9.55 Å². The van der Waals surface area contributed by atoms with Gasteiger partial charge in [-0.15, -0.1) is 0 Å². The Morgan fingerprint density at radius 2 is 2.19 bits per heavy atom. The van der Waals surface area contributed by atoms with Crippen LogP contribution in [0.3, 0.4) is 0 Å². The lowest BCUT2D eigenvalue weighted by Crippen LogP contribution is -2.20. The van der Waals surface area contributed by atoms with Crippen molar-refractivity contribution in [1.29, 1.82) is 0 Å². The Kier molecular flexibility index (Phi) is 3.56. The van der Waals surface area contributed by atoms with Gasteiger partial charge in [-0.1, -0.05) is 24.3 Å². The van der Waals surface area contributed by atoms with Crippen molar-refractivity contribution in [3.8, 4) is 0 Å². The van der Waals surface area contributed by atoms with Gasteiger partial charge < -0.3 is 9.30 Å². The van der Waals surface area contributed by atoms with Gasteiger partial charge in [0.25, 0.3) is 10.0 Å². The van der Waals surface area contributed by atoms with Gasteiger partial charge in [0.1, 0.15) is 11.9 Å². The summed E-state index contributed by atoms with van der Waals surface area (Å²) in [5, 5.41) is 5.01. The summed E-state index contributed by atoms with van der Waals surface area (Å²) in [5.74, 6) is 0.602. The van der Waals surface area contributed by atoms with Gasteiger partial charge in [-0.2, -0.15) is 0 Å². The Balaban J connectivity index is 1.90. The van der Waals surface area contributed by atoms with Crippen molar-refractivity contribution in [2.75, 3.05) is 6.61 Å². The van der Waals surface area contributed by atoms with Gasteiger partial charge in [-0.05, 0) is 24.5 Å². The van der Waals surface area contributed by atoms with E-state index in [1.165, 1.54) is 11.8 Å². The van der Waals surface area contributed by atoms with Crippen molar-refractivity contribution in [2.24, 2.45) is 5.14 Å². The van der Waals surface area contributed by atoms with Crippen LogP contribution in [0.5, 0.6) is 0 Å². The summed E-state index contributed by atoms with van der Waals surface area (Å²) in [6.07, 6.45) is 2.26. The zero-order chi connectivity index (χ0) is 15.0. The highest BCUT2D eigenvalue weighted by atomic mass is 32.2. The summed E-state index contributed by atoms with van der Waals surface area (Å²) in [4.78, 5) is 4.00. The van der Waals surface area contributed by atoms with Crippen LogP contribution in [0.15, 0.2) is 35.5 Å². The first-order valence-electron chi connectivity index (χ1n) is 6.71. The number of hydrogen-bond acceptors (Lipinski definition) is 4. The van der Waals surface area contributed by atoms with Crippen molar-refractivity contribution in [3.63, 3.8) is 0 Å². The van der Waals surface area contributed by atoms with Crippen molar-refractivity contribution in [3.05, 3.63) is 47.4 Å². The van der Waals surface area contributed by atoms with E-state index in [1.54, 1.807) is 11.5 Å². The minimum absolute atomic E-state index is 0.101. The number of benzene rings is 1. The van der Waals surface area contributed by atoms with Crippen molar-refractivity contribution < 1.29 is 13.2 Å². The predicted molar refractivity (Wildman–Crippen MR) is 77.2 cm³/mol. The third kappa shape index (κ3) is 2.85. The highest BCUT2D eigenvalue weighted by Gasteiger charge is 2.22. The standard InChI is InChI=1S/C14H17N3O3S/c1-10-16-14(21(15,18)19)9-17(10)8-13-12-5-3-2-4-11(12)6-7-20-13/h2-5,9,13H,6-8H2,1H3,(H2,15,18,19). The highest BCUT2D eigenvalue weighted by molar-refractivity contribution is 7.89.